The Bertz CT molecular complexity index is 1380. The molecule has 2 atom stereocenters. The van der Waals surface area contributed by atoms with Crippen LogP contribution in [0.3, 0.4) is 0 Å². The third-order valence-electron chi connectivity index (χ3n) is 9.74. The van der Waals surface area contributed by atoms with Crippen molar-refractivity contribution in [3.8, 4) is 22.6 Å². The Morgan fingerprint density at radius 1 is 0.489 bits per heavy atom. The van der Waals surface area contributed by atoms with Crippen LogP contribution in [0.4, 0.5) is 0 Å². The molecule has 4 heteroatoms. The summed E-state index contributed by atoms with van der Waals surface area (Å²) in [6.45, 7) is 4.53. The summed E-state index contributed by atoms with van der Waals surface area (Å²) in [6, 6.07) is 35.6. The van der Waals surface area contributed by atoms with Crippen molar-refractivity contribution in [1.29, 1.82) is 0 Å². The average Bonchev–Trinajstić information content (AvgIpc) is 3.42. The largest absolute Gasteiger partial charge is 0.490 e. The number of fused-ring (bicyclic) bond motifs is 3. The van der Waals surface area contributed by atoms with E-state index in [1.54, 1.807) is 0 Å². The smallest absolute Gasteiger partial charge is 0.119 e. The van der Waals surface area contributed by atoms with E-state index in [1.807, 2.05) is 0 Å². The molecule has 0 saturated carbocycles. The zero-order valence-corrected chi connectivity index (χ0v) is 31.5. The number of halogens is 2. The van der Waals surface area contributed by atoms with E-state index in [1.165, 1.54) is 97.6 Å². The molecule has 2 unspecified atom stereocenters. The number of unbranched alkanes of at least 4 members (excludes halogenated alkanes) is 8. The molecule has 2 nitrogen and oxygen atoms in total. The summed E-state index contributed by atoms with van der Waals surface area (Å²) in [4.78, 5) is 0. The van der Waals surface area contributed by atoms with Gasteiger partial charge in [-0.15, -0.1) is 0 Å². The Labute approximate surface area is 300 Å². The molecule has 4 aromatic carbocycles. The van der Waals surface area contributed by atoms with Gasteiger partial charge in [-0.2, -0.15) is 0 Å². The summed E-state index contributed by atoms with van der Waals surface area (Å²) in [5.41, 5.74) is 7.29. The summed E-state index contributed by atoms with van der Waals surface area (Å²) < 4.78 is 13.0. The highest BCUT2D eigenvalue weighted by Gasteiger charge is 2.45. The van der Waals surface area contributed by atoms with E-state index in [4.69, 9.17) is 9.47 Å². The van der Waals surface area contributed by atoms with Crippen molar-refractivity contribution >= 4 is 31.9 Å². The van der Waals surface area contributed by atoms with Crippen molar-refractivity contribution < 1.29 is 9.47 Å². The fourth-order valence-electron chi connectivity index (χ4n) is 7.26. The van der Waals surface area contributed by atoms with Crippen molar-refractivity contribution in [3.63, 3.8) is 0 Å². The van der Waals surface area contributed by atoms with Gasteiger partial charge in [-0.05, 0) is 83.3 Å². The molecule has 0 bridgehead atoms. The third-order valence-corrected chi connectivity index (χ3v) is 11.2. The zero-order chi connectivity index (χ0) is 32.9. The zero-order valence-electron chi connectivity index (χ0n) is 28.4. The number of benzene rings is 4. The molecule has 0 aromatic heterocycles. The van der Waals surface area contributed by atoms with E-state index in [-0.39, 0.29) is 12.2 Å². The molecule has 1 aliphatic carbocycles. The standard InChI is InChI=1S/C43H52Br2O2/c1-3-5-7-9-11-17-37(31-44)46-35-27-23-33(24-28-35)43(41-21-15-13-19-39(41)40-20-14-16-22-42(40)43)34-25-29-36(30-26-34)47-38(32-45)18-12-10-8-6-4-2/h13-16,19-30,37-38H,3-12,17-18,31-32H2,1-2H3. The molecule has 0 amide bonds. The fraction of sp³-hybridized carbons (Fsp3) is 0.442. The number of alkyl halides is 2. The highest BCUT2D eigenvalue weighted by molar-refractivity contribution is 9.09. The van der Waals surface area contributed by atoms with Gasteiger partial charge >= 0.3 is 0 Å². The van der Waals surface area contributed by atoms with Crippen LogP contribution in [0.5, 0.6) is 11.5 Å². The molecule has 0 radical (unpaired) electrons. The van der Waals surface area contributed by atoms with Gasteiger partial charge in [0.2, 0.25) is 0 Å². The third kappa shape index (κ3) is 8.54. The van der Waals surface area contributed by atoms with Crippen molar-refractivity contribution in [2.45, 2.75) is 109 Å². The van der Waals surface area contributed by atoms with Crippen LogP contribution in [0.2, 0.25) is 0 Å². The average molecular weight is 761 g/mol. The van der Waals surface area contributed by atoms with Gasteiger partial charge in [0.15, 0.2) is 0 Å². The summed E-state index contributed by atoms with van der Waals surface area (Å²) in [5, 5.41) is 1.69. The van der Waals surface area contributed by atoms with E-state index < -0.39 is 5.41 Å². The highest BCUT2D eigenvalue weighted by Crippen LogP contribution is 2.56. The monoisotopic (exact) mass is 758 g/mol. The molecule has 5 rings (SSSR count). The van der Waals surface area contributed by atoms with E-state index in [0.29, 0.717) is 0 Å². The van der Waals surface area contributed by atoms with Gasteiger partial charge in [0.05, 0.1) is 5.41 Å². The van der Waals surface area contributed by atoms with Gasteiger partial charge in [-0.3, -0.25) is 0 Å². The van der Waals surface area contributed by atoms with Crippen molar-refractivity contribution in [3.05, 3.63) is 119 Å². The quantitative estimate of drug-likeness (QED) is 0.0581. The van der Waals surface area contributed by atoms with Crippen LogP contribution >= 0.6 is 31.9 Å². The number of hydrogen-bond acceptors (Lipinski definition) is 2. The number of rotatable bonds is 20. The van der Waals surface area contributed by atoms with Gasteiger partial charge in [-0.1, -0.05) is 170 Å². The van der Waals surface area contributed by atoms with E-state index in [2.05, 4.69) is 143 Å². The molecule has 0 heterocycles. The van der Waals surface area contributed by atoms with E-state index in [0.717, 1.165) is 35.0 Å². The van der Waals surface area contributed by atoms with Crippen LogP contribution in [0.25, 0.3) is 11.1 Å². The molecule has 1 aliphatic rings. The Hall–Kier alpha value is -2.56. The molecule has 0 N–H and O–H groups in total. The minimum atomic E-state index is -0.438. The number of hydrogen-bond donors (Lipinski definition) is 0. The Morgan fingerprint density at radius 3 is 1.26 bits per heavy atom. The van der Waals surface area contributed by atoms with Gasteiger partial charge in [-0.25, -0.2) is 0 Å². The summed E-state index contributed by atoms with van der Waals surface area (Å²) in [5.74, 6) is 1.86. The van der Waals surface area contributed by atoms with E-state index in [9.17, 15) is 0 Å². The molecule has 0 spiro atoms. The second-order valence-electron chi connectivity index (χ2n) is 13.1. The molecular formula is C43H52Br2O2. The van der Waals surface area contributed by atoms with Crippen molar-refractivity contribution in [1.82, 2.24) is 0 Å². The maximum Gasteiger partial charge on any atom is 0.119 e. The Kier molecular flexibility index (Phi) is 13.9. The van der Waals surface area contributed by atoms with Gasteiger partial charge < -0.3 is 9.47 Å². The maximum atomic E-state index is 6.51. The van der Waals surface area contributed by atoms with Crippen LogP contribution < -0.4 is 9.47 Å². The first-order valence-electron chi connectivity index (χ1n) is 18.0. The van der Waals surface area contributed by atoms with Crippen LogP contribution in [0, 0.1) is 0 Å². The molecule has 0 saturated heterocycles. The minimum Gasteiger partial charge on any atom is -0.490 e. The van der Waals surface area contributed by atoms with Crippen LogP contribution in [-0.4, -0.2) is 22.9 Å². The van der Waals surface area contributed by atoms with Gasteiger partial charge in [0.1, 0.15) is 23.7 Å². The molecule has 4 aromatic rings. The highest BCUT2D eigenvalue weighted by atomic mass is 79.9. The fourth-order valence-corrected chi connectivity index (χ4v) is 8.17. The first-order valence-corrected chi connectivity index (χ1v) is 20.3. The number of ether oxygens (including phenoxy) is 2. The summed E-state index contributed by atoms with van der Waals surface area (Å²) >= 11 is 7.42. The van der Waals surface area contributed by atoms with Crippen LogP contribution in [0.1, 0.15) is 113 Å². The normalized spacial score (nSPS) is 14.3. The molecule has 47 heavy (non-hydrogen) atoms. The predicted molar refractivity (Wildman–Crippen MR) is 207 cm³/mol. The minimum absolute atomic E-state index is 0.177. The predicted octanol–water partition coefficient (Wildman–Crippen LogP) is 13.1. The molecule has 250 valence electrons. The van der Waals surface area contributed by atoms with Gasteiger partial charge in [0, 0.05) is 10.7 Å². The Morgan fingerprint density at radius 2 is 0.872 bits per heavy atom. The summed E-state index contributed by atoms with van der Waals surface area (Å²) in [7, 11) is 0. The summed E-state index contributed by atoms with van der Waals surface area (Å²) in [6.07, 6.45) is 15.3. The lowest BCUT2D eigenvalue weighted by atomic mass is 9.68. The van der Waals surface area contributed by atoms with Crippen molar-refractivity contribution in [2.75, 3.05) is 10.7 Å². The van der Waals surface area contributed by atoms with Crippen molar-refractivity contribution in [2.24, 2.45) is 0 Å². The molecule has 0 fully saturated rings. The second-order valence-corrected chi connectivity index (χ2v) is 14.4. The maximum absolute atomic E-state index is 6.51. The lowest BCUT2D eigenvalue weighted by molar-refractivity contribution is 0.212. The SMILES string of the molecule is CCCCCCCC(CBr)Oc1ccc(C2(c3ccc(OC(CBr)CCCCCCC)cc3)c3ccccc3-c3ccccc32)cc1. The van der Waals surface area contributed by atoms with Crippen LogP contribution in [0.15, 0.2) is 97.1 Å². The lowest BCUT2D eigenvalue weighted by Crippen LogP contribution is -2.28. The van der Waals surface area contributed by atoms with Crippen LogP contribution in [-0.2, 0) is 5.41 Å². The van der Waals surface area contributed by atoms with Gasteiger partial charge in [0.25, 0.3) is 0 Å². The molecule has 0 aliphatic heterocycles. The second kappa shape index (κ2) is 18.3. The first kappa shape index (κ1) is 35.7. The first-order chi connectivity index (χ1) is 23.1. The topological polar surface area (TPSA) is 18.5 Å². The Balaban J connectivity index is 1.43. The molecular weight excluding hydrogens is 708 g/mol. The lowest BCUT2D eigenvalue weighted by Gasteiger charge is -2.34. The van der Waals surface area contributed by atoms with E-state index >= 15 is 0 Å².